The third-order valence-corrected chi connectivity index (χ3v) is 2.93. The first-order chi connectivity index (χ1) is 9.60. The van der Waals surface area contributed by atoms with Crippen LogP contribution in [-0.2, 0) is 6.54 Å². The number of aryl methyl sites for hydroxylation is 1. The van der Waals surface area contributed by atoms with E-state index in [2.05, 4.69) is 15.8 Å². The highest BCUT2D eigenvalue weighted by molar-refractivity contribution is 6.31. The number of carbonyl (C=O) groups excluding carboxylic acids is 1. The number of urea groups is 1. The second kappa shape index (κ2) is 6.29. The van der Waals surface area contributed by atoms with Crippen molar-refractivity contribution >= 4 is 23.3 Å². The Bertz CT molecular complexity index is 613. The third-order valence-electron chi connectivity index (χ3n) is 2.70. The lowest BCUT2D eigenvalue weighted by atomic mass is 10.3. The first kappa shape index (κ1) is 14.2. The van der Waals surface area contributed by atoms with Crippen molar-refractivity contribution in [3.05, 3.63) is 40.7 Å². The molecule has 0 saturated carbocycles. The zero-order valence-corrected chi connectivity index (χ0v) is 11.8. The van der Waals surface area contributed by atoms with E-state index in [9.17, 15) is 4.79 Å². The van der Waals surface area contributed by atoms with Crippen LogP contribution in [0.3, 0.4) is 0 Å². The minimum Gasteiger partial charge on any atom is -0.495 e. The number of nitrogens with one attached hydrogen (secondary N) is 2. The van der Waals surface area contributed by atoms with E-state index in [0.717, 1.165) is 5.56 Å². The summed E-state index contributed by atoms with van der Waals surface area (Å²) < 4.78 is 10.1. The monoisotopic (exact) mass is 295 g/mol. The van der Waals surface area contributed by atoms with E-state index in [0.29, 0.717) is 28.8 Å². The molecule has 2 rings (SSSR count). The number of rotatable bonds is 4. The molecule has 1 aromatic carbocycles. The largest absolute Gasteiger partial charge is 0.495 e. The summed E-state index contributed by atoms with van der Waals surface area (Å²) in [5, 5.41) is 9.52. The van der Waals surface area contributed by atoms with Gasteiger partial charge in [0, 0.05) is 17.1 Å². The van der Waals surface area contributed by atoms with Gasteiger partial charge in [-0.3, -0.25) is 0 Å². The van der Waals surface area contributed by atoms with Gasteiger partial charge >= 0.3 is 6.03 Å². The van der Waals surface area contributed by atoms with Gasteiger partial charge in [0.2, 0.25) is 0 Å². The highest BCUT2D eigenvalue weighted by Gasteiger charge is 2.09. The molecule has 2 N–H and O–H groups in total. The molecule has 0 aliphatic carbocycles. The molecule has 1 heterocycles. The maximum atomic E-state index is 11.8. The number of anilines is 1. The lowest BCUT2D eigenvalue weighted by Crippen LogP contribution is -2.28. The van der Waals surface area contributed by atoms with Gasteiger partial charge in [0.1, 0.15) is 11.5 Å². The highest BCUT2D eigenvalue weighted by Crippen LogP contribution is 2.27. The van der Waals surface area contributed by atoms with E-state index in [1.807, 2.05) is 0 Å². The number of carbonyl (C=O) groups is 1. The van der Waals surface area contributed by atoms with Crippen LogP contribution in [0.1, 0.15) is 11.3 Å². The quantitative estimate of drug-likeness (QED) is 0.909. The predicted molar refractivity (Wildman–Crippen MR) is 75.1 cm³/mol. The predicted octanol–water partition coefficient (Wildman–Crippen LogP) is 2.97. The second-order valence-corrected chi connectivity index (χ2v) is 4.50. The minimum atomic E-state index is -0.369. The Labute approximate surface area is 121 Å². The van der Waals surface area contributed by atoms with Crippen molar-refractivity contribution in [2.24, 2.45) is 0 Å². The molecule has 2 aromatic rings. The van der Waals surface area contributed by atoms with Crippen LogP contribution < -0.4 is 15.4 Å². The molecule has 0 radical (unpaired) electrons. The van der Waals surface area contributed by atoms with Gasteiger partial charge in [-0.25, -0.2) is 4.79 Å². The van der Waals surface area contributed by atoms with E-state index in [4.69, 9.17) is 20.9 Å². The number of amides is 2. The minimum absolute atomic E-state index is 0.323. The molecule has 2 amide bonds. The van der Waals surface area contributed by atoms with Crippen LogP contribution in [0.2, 0.25) is 5.02 Å². The number of ether oxygens (including phenoxy) is 1. The molecule has 0 aliphatic heterocycles. The number of hydrogen-bond donors (Lipinski definition) is 2. The molecular formula is C13H14ClN3O3. The SMILES string of the molecule is COc1ccc(Cl)cc1NC(=O)NCc1cnoc1C. The number of halogens is 1. The van der Waals surface area contributed by atoms with E-state index in [1.54, 1.807) is 31.3 Å². The summed E-state index contributed by atoms with van der Waals surface area (Å²) in [5.41, 5.74) is 1.32. The molecule has 0 atom stereocenters. The van der Waals surface area contributed by atoms with Crippen LogP contribution >= 0.6 is 11.6 Å². The maximum absolute atomic E-state index is 11.8. The molecule has 0 unspecified atom stereocenters. The summed E-state index contributed by atoms with van der Waals surface area (Å²) in [5.74, 6) is 1.20. The molecule has 0 fully saturated rings. The summed E-state index contributed by atoms with van der Waals surface area (Å²) in [7, 11) is 1.52. The lowest BCUT2D eigenvalue weighted by Gasteiger charge is -2.11. The molecule has 1 aromatic heterocycles. The number of hydrogen-bond acceptors (Lipinski definition) is 4. The van der Waals surface area contributed by atoms with Crippen LogP contribution in [0.25, 0.3) is 0 Å². The van der Waals surface area contributed by atoms with Gasteiger partial charge in [-0.1, -0.05) is 16.8 Å². The van der Waals surface area contributed by atoms with E-state index in [-0.39, 0.29) is 6.03 Å². The van der Waals surface area contributed by atoms with Gasteiger partial charge < -0.3 is 19.9 Å². The number of nitrogens with zero attached hydrogens (tertiary/aromatic N) is 1. The summed E-state index contributed by atoms with van der Waals surface area (Å²) in [6, 6.07) is 4.61. The molecule has 0 spiro atoms. The van der Waals surface area contributed by atoms with Gasteiger partial charge in [0.15, 0.2) is 0 Å². The van der Waals surface area contributed by atoms with Crippen molar-refractivity contribution in [2.75, 3.05) is 12.4 Å². The number of aromatic nitrogens is 1. The van der Waals surface area contributed by atoms with Crippen molar-refractivity contribution in [3.63, 3.8) is 0 Å². The van der Waals surface area contributed by atoms with Crippen molar-refractivity contribution in [3.8, 4) is 5.75 Å². The fourth-order valence-corrected chi connectivity index (χ4v) is 1.78. The van der Waals surface area contributed by atoms with Crippen LogP contribution in [-0.4, -0.2) is 18.3 Å². The molecule has 20 heavy (non-hydrogen) atoms. The van der Waals surface area contributed by atoms with Gasteiger partial charge in [-0.15, -0.1) is 0 Å². The Balaban J connectivity index is 1.98. The average Bonchev–Trinajstić information content (AvgIpc) is 2.82. The van der Waals surface area contributed by atoms with Crippen LogP contribution in [0.15, 0.2) is 28.9 Å². The lowest BCUT2D eigenvalue weighted by molar-refractivity contribution is 0.251. The molecule has 0 bridgehead atoms. The zero-order chi connectivity index (χ0) is 14.5. The topological polar surface area (TPSA) is 76.4 Å². The van der Waals surface area contributed by atoms with Crippen LogP contribution in [0, 0.1) is 6.92 Å². The Morgan fingerprint density at radius 1 is 1.50 bits per heavy atom. The fourth-order valence-electron chi connectivity index (χ4n) is 1.61. The van der Waals surface area contributed by atoms with E-state index in [1.165, 1.54) is 7.11 Å². The Hall–Kier alpha value is -2.21. The molecule has 6 nitrogen and oxygen atoms in total. The van der Waals surface area contributed by atoms with Gasteiger partial charge in [0.25, 0.3) is 0 Å². The fraction of sp³-hybridized carbons (Fsp3) is 0.231. The van der Waals surface area contributed by atoms with Gasteiger partial charge in [-0.05, 0) is 25.1 Å². The van der Waals surface area contributed by atoms with Gasteiger partial charge in [-0.2, -0.15) is 0 Å². The first-order valence-electron chi connectivity index (χ1n) is 5.88. The smallest absolute Gasteiger partial charge is 0.319 e. The van der Waals surface area contributed by atoms with Gasteiger partial charge in [0.05, 0.1) is 19.0 Å². The third kappa shape index (κ3) is 3.42. The maximum Gasteiger partial charge on any atom is 0.319 e. The standard InChI is InChI=1S/C13H14ClN3O3/c1-8-9(7-16-20-8)6-15-13(18)17-11-5-10(14)3-4-12(11)19-2/h3-5,7H,6H2,1-2H3,(H2,15,17,18). The Kier molecular flexibility index (Phi) is 4.47. The Morgan fingerprint density at radius 3 is 2.95 bits per heavy atom. The Morgan fingerprint density at radius 2 is 2.30 bits per heavy atom. The van der Waals surface area contributed by atoms with E-state index < -0.39 is 0 Å². The highest BCUT2D eigenvalue weighted by atomic mass is 35.5. The number of benzene rings is 1. The summed E-state index contributed by atoms with van der Waals surface area (Å²) in [4.78, 5) is 11.8. The summed E-state index contributed by atoms with van der Waals surface area (Å²) in [6.45, 7) is 2.10. The second-order valence-electron chi connectivity index (χ2n) is 4.06. The number of methoxy groups -OCH3 is 1. The molecular weight excluding hydrogens is 282 g/mol. The molecule has 106 valence electrons. The molecule has 0 aliphatic rings. The van der Waals surface area contributed by atoms with Crippen LogP contribution in [0.4, 0.5) is 10.5 Å². The van der Waals surface area contributed by atoms with Crippen molar-refractivity contribution in [2.45, 2.75) is 13.5 Å². The average molecular weight is 296 g/mol. The van der Waals surface area contributed by atoms with Crippen molar-refractivity contribution in [1.29, 1.82) is 0 Å². The normalized spacial score (nSPS) is 10.2. The summed E-state index contributed by atoms with van der Waals surface area (Å²) in [6.07, 6.45) is 1.57. The first-order valence-corrected chi connectivity index (χ1v) is 6.26. The van der Waals surface area contributed by atoms with E-state index >= 15 is 0 Å². The van der Waals surface area contributed by atoms with Crippen molar-refractivity contribution < 1.29 is 14.1 Å². The molecule has 7 heteroatoms. The van der Waals surface area contributed by atoms with Crippen molar-refractivity contribution in [1.82, 2.24) is 10.5 Å². The van der Waals surface area contributed by atoms with Crippen LogP contribution in [0.5, 0.6) is 5.75 Å². The molecule has 0 saturated heterocycles. The summed E-state index contributed by atoms with van der Waals surface area (Å²) >= 11 is 5.89. The zero-order valence-electron chi connectivity index (χ0n) is 11.1.